The molecule has 0 aromatic carbocycles. The summed E-state index contributed by atoms with van der Waals surface area (Å²) in [5, 5.41) is 26.8. The number of aliphatic carboxylic acids is 1. The van der Waals surface area contributed by atoms with Gasteiger partial charge in [0.05, 0.1) is 30.0 Å². The number of amides is 1. The normalized spacial score (nSPS) is 24.2. The number of aromatic nitrogens is 3. The molecule has 1 saturated heterocycles. The predicted octanol–water partition coefficient (Wildman–Crippen LogP) is -1.18. The number of carboxylic acids is 1. The van der Waals surface area contributed by atoms with Gasteiger partial charge in [-0.1, -0.05) is 17.4 Å². The molecule has 3 rings (SSSR count). The van der Waals surface area contributed by atoms with Gasteiger partial charge in [0.1, 0.15) is 0 Å². The summed E-state index contributed by atoms with van der Waals surface area (Å²) in [5.74, 6) is -2.09. The Labute approximate surface area is 142 Å². The lowest BCUT2D eigenvalue weighted by Gasteiger charge is -2.34. The van der Waals surface area contributed by atoms with E-state index >= 15 is 0 Å². The van der Waals surface area contributed by atoms with Crippen LogP contribution >= 0.6 is 0 Å². The number of hydrogen-bond acceptors (Lipinski definition) is 7. The lowest BCUT2D eigenvalue weighted by molar-refractivity contribution is -0.134. The molecule has 4 N–H and O–H groups in total. The molecule has 1 aliphatic heterocycles. The van der Waals surface area contributed by atoms with E-state index in [0.29, 0.717) is 13.1 Å². The third kappa shape index (κ3) is 3.58. The lowest BCUT2D eigenvalue weighted by Crippen LogP contribution is -2.47. The van der Waals surface area contributed by atoms with Gasteiger partial charge >= 0.3 is 13.1 Å². The molecular formula is C14H16BN5O5. The number of carboxylic acid groups (broad SMARTS) is 1. The van der Waals surface area contributed by atoms with Gasteiger partial charge in [-0.05, 0) is 12.5 Å². The molecule has 0 radical (unpaired) electrons. The molecule has 0 bridgehead atoms. The number of nitrogens with two attached hydrogens (primary N) is 1. The van der Waals surface area contributed by atoms with Crippen molar-refractivity contribution in [3.8, 4) is 0 Å². The average molecular weight is 345 g/mol. The monoisotopic (exact) mass is 345 g/mol. The number of fused-ring (bicyclic) bond motifs is 1. The van der Waals surface area contributed by atoms with Gasteiger partial charge in [-0.15, -0.1) is 5.10 Å². The van der Waals surface area contributed by atoms with Gasteiger partial charge < -0.3 is 20.5 Å². The first-order valence-electron chi connectivity index (χ1n) is 7.66. The minimum Gasteiger partial charge on any atom is -0.478 e. The van der Waals surface area contributed by atoms with Crippen molar-refractivity contribution >= 4 is 24.6 Å². The molecule has 11 heteroatoms. The molecule has 1 fully saturated rings. The summed E-state index contributed by atoms with van der Waals surface area (Å²) in [7, 11) is -1.46. The van der Waals surface area contributed by atoms with Crippen molar-refractivity contribution in [2.45, 2.75) is 19.1 Å². The highest BCUT2D eigenvalue weighted by atomic mass is 16.5. The van der Waals surface area contributed by atoms with Crippen LogP contribution in [0, 0.1) is 5.92 Å². The summed E-state index contributed by atoms with van der Waals surface area (Å²) in [6.45, 7) is 0.772. The van der Waals surface area contributed by atoms with Crippen molar-refractivity contribution in [2.24, 2.45) is 16.6 Å². The second-order valence-corrected chi connectivity index (χ2v) is 5.65. The second kappa shape index (κ2) is 7.09. The topological polar surface area (TPSA) is 153 Å². The summed E-state index contributed by atoms with van der Waals surface area (Å²) < 4.78 is 6.79. The molecular weight excluding hydrogens is 329 g/mol. The van der Waals surface area contributed by atoms with E-state index in [0.717, 1.165) is 0 Å². The number of aliphatic imine (C=N–C) groups is 1. The minimum absolute atomic E-state index is 0.0283. The van der Waals surface area contributed by atoms with E-state index in [1.165, 1.54) is 17.0 Å². The molecule has 1 aliphatic carbocycles. The van der Waals surface area contributed by atoms with Gasteiger partial charge in [-0.25, -0.2) is 9.79 Å². The second-order valence-electron chi connectivity index (χ2n) is 5.65. The Morgan fingerprint density at radius 2 is 2.32 bits per heavy atom. The molecule has 2 unspecified atom stereocenters. The van der Waals surface area contributed by atoms with Crippen molar-refractivity contribution in [3.05, 3.63) is 35.7 Å². The zero-order chi connectivity index (χ0) is 18.0. The van der Waals surface area contributed by atoms with E-state index in [2.05, 4.69) is 15.3 Å². The maximum atomic E-state index is 12.2. The largest absolute Gasteiger partial charge is 0.507 e. The van der Waals surface area contributed by atoms with Crippen LogP contribution < -0.4 is 5.73 Å². The summed E-state index contributed by atoms with van der Waals surface area (Å²) in [5.41, 5.74) is 5.61. The first kappa shape index (κ1) is 17.2. The van der Waals surface area contributed by atoms with Crippen molar-refractivity contribution in [2.75, 3.05) is 6.54 Å². The van der Waals surface area contributed by atoms with Crippen LogP contribution in [0.3, 0.4) is 0 Å². The van der Waals surface area contributed by atoms with Crippen LogP contribution in [0.4, 0.5) is 0 Å². The highest BCUT2D eigenvalue weighted by Gasteiger charge is 2.42. The number of hydrogen-bond donors (Lipinski definition) is 3. The quantitative estimate of drug-likeness (QED) is 0.577. The first-order valence-corrected chi connectivity index (χ1v) is 7.66. The summed E-state index contributed by atoms with van der Waals surface area (Å²) >= 11 is 0. The highest BCUT2D eigenvalue weighted by Crippen LogP contribution is 2.30. The maximum absolute atomic E-state index is 12.2. The van der Waals surface area contributed by atoms with E-state index in [1.54, 1.807) is 12.2 Å². The Kier molecular flexibility index (Phi) is 4.88. The van der Waals surface area contributed by atoms with E-state index in [4.69, 9.17) is 10.4 Å². The number of nitrogens with zero attached hydrogens (tertiary/aromatic N) is 4. The molecule has 2 atom stereocenters. The fraction of sp³-hybridized carbons (Fsp3) is 0.357. The molecule has 2 heterocycles. The van der Waals surface area contributed by atoms with Gasteiger partial charge in [0.15, 0.2) is 5.69 Å². The van der Waals surface area contributed by atoms with Gasteiger partial charge in [0, 0.05) is 12.5 Å². The number of carbonyl (C=O) groups excluding carboxylic acids is 1. The van der Waals surface area contributed by atoms with Crippen LogP contribution in [0.2, 0.25) is 0 Å². The number of allylic oxidation sites excluding steroid dienone is 2. The fourth-order valence-electron chi connectivity index (χ4n) is 2.76. The number of rotatable bonds is 4. The van der Waals surface area contributed by atoms with Gasteiger partial charge in [-0.2, -0.15) is 0 Å². The Hall–Kier alpha value is -2.63. The van der Waals surface area contributed by atoms with Gasteiger partial charge in [0.2, 0.25) is 0 Å². The van der Waals surface area contributed by atoms with Crippen LogP contribution in [0.15, 0.2) is 35.0 Å². The van der Waals surface area contributed by atoms with Crippen molar-refractivity contribution in [1.82, 2.24) is 15.0 Å². The average Bonchev–Trinajstić information content (AvgIpc) is 3.04. The molecule has 0 saturated carbocycles. The van der Waals surface area contributed by atoms with Gasteiger partial charge in [0.25, 0.3) is 5.91 Å². The molecule has 1 amide bonds. The Bertz CT molecular complexity index is 786. The molecule has 1 aromatic rings. The molecule has 10 nitrogen and oxygen atoms in total. The van der Waals surface area contributed by atoms with Crippen molar-refractivity contribution < 1.29 is 24.4 Å². The van der Waals surface area contributed by atoms with E-state index in [-0.39, 0.29) is 29.2 Å². The summed E-state index contributed by atoms with van der Waals surface area (Å²) in [6, 6.07) is 0. The smallest absolute Gasteiger partial charge is 0.478 e. The zero-order valence-corrected chi connectivity index (χ0v) is 13.1. The predicted molar refractivity (Wildman–Crippen MR) is 86.7 cm³/mol. The third-order valence-electron chi connectivity index (χ3n) is 3.94. The van der Waals surface area contributed by atoms with Crippen LogP contribution in [-0.4, -0.2) is 62.4 Å². The molecule has 0 spiro atoms. The molecule has 2 aliphatic rings. The zero-order valence-electron chi connectivity index (χ0n) is 13.1. The van der Waals surface area contributed by atoms with Crippen LogP contribution in [0.25, 0.3) is 0 Å². The van der Waals surface area contributed by atoms with Crippen molar-refractivity contribution in [1.29, 1.82) is 0 Å². The summed E-state index contributed by atoms with van der Waals surface area (Å²) in [6.07, 6.45) is 5.65. The van der Waals surface area contributed by atoms with Crippen LogP contribution in [-0.2, 0) is 16.0 Å². The molecule has 25 heavy (non-hydrogen) atoms. The Balaban J connectivity index is 1.76. The first-order chi connectivity index (χ1) is 12.0. The standard InChI is InChI=1S/C14H16BN5O5/c16-4-5-20-7-10(18-19-20)13(21)17-11-6-8-2-1-3-9(14(22)23)12(8)25-15(11)24/h1-3,7-8,12,24H,4-6,16H2,(H,22,23). The Morgan fingerprint density at radius 3 is 3.04 bits per heavy atom. The molecule has 130 valence electrons. The third-order valence-corrected chi connectivity index (χ3v) is 3.94. The SMILES string of the molecule is NCCn1cc(C(=O)N=C2CC3C=CC=C(C(=O)O)C3OB2O)nn1. The highest BCUT2D eigenvalue weighted by molar-refractivity contribution is 6.81. The van der Waals surface area contributed by atoms with E-state index in [9.17, 15) is 19.7 Å². The van der Waals surface area contributed by atoms with Gasteiger partial charge in [-0.3, -0.25) is 9.48 Å². The number of carbonyl (C=O) groups is 2. The maximum Gasteiger partial charge on any atom is 0.507 e. The van der Waals surface area contributed by atoms with E-state index in [1.807, 2.05) is 0 Å². The summed E-state index contributed by atoms with van der Waals surface area (Å²) in [4.78, 5) is 27.3. The van der Waals surface area contributed by atoms with Crippen LogP contribution in [0.1, 0.15) is 16.9 Å². The Morgan fingerprint density at radius 1 is 1.52 bits per heavy atom. The minimum atomic E-state index is -1.46. The molecule has 1 aromatic heterocycles. The fourth-order valence-corrected chi connectivity index (χ4v) is 2.76. The van der Waals surface area contributed by atoms with Crippen LogP contribution in [0.5, 0.6) is 0 Å². The lowest BCUT2D eigenvalue weighted by atomic mass is 9.69. The van der Waals surface area contributed by atoms with Crippen molar-refractivity contribution in [3.63, 3.8) is 0 Å². The van der Waals surface area contributed by atoms with E-state index < -0.39 is 25.1 Å².